The number of amides is 1. The molecule has 0 N–H and O–H groups in total. The van der Waals surface area contributed by atoms with Crippen molar-refractivity contribution in [2.24, 2.45) is 4.99 Å². The second kappa shape index (κ2) is 10.6. The van der Waals surface area contributed by atoms with Crippen molar-refractivity contribution in [3.05, 3.63) is 46.9 Å². The Morgan fingerprint density at radius 2 is 1.76 bits per heavy atom. The zero-order chi connectivity index (χ0) is 24.3. The number of amidine groups is 1. The Hall–Kier alpha value is -2.24. The standard InChI is InChI=1S/C23H25BrN2O6S2/c1-3-30-19-10-16(24)17(11-20(19)31-4-2)26-18-13-34(28,29)14-21(18)33-23(26)25-22(27)12-32-15-8-6-5-7-9-15/h5-11,18,21H,3-4,12-14H2,1-2H3/t18-,21-/m0/s1. The smallest absolute Gasteiger partial charge is 0.285 e. The summed E-state index contributed by atoms with van der Waals surface area (Å²) in [4.78, 5) is 18.8. The number of sulfone groups is 1. The summed E-state index contributed by atoms with van der Waals surface area (Å²) in [5.74, 6) is 1.27. The van der Waals surface area contributed by atoms with Gasteiger partial charge in [-0.05, 0) is 41.9 Å². The topological polar surface area (TPSA) is 94.5 Å². The number of hydrogen-bond donors (Lipinski definition) is 0. The summed E-state index contributed by atoms with van der Waals surface area (Å²) in [5, 5.41) is 0.222. The maximum absolute atomic E-state index is 12.7. The highest BCUT2D eigenvalue weighted by molar-refractivity contribution is 9.10. The number of carbonyl (C=O) groups excluding carboxylic acids is 1. The molecule has 182 valence electrons. The highest BCUT2D eigenvalue weighted by atomic mass is 79.9. The summed E-state index contributed by atoms with van der Waals surface area (Å²) in [6, 6.07) is 12.3. The molecule has 1 amide bonds. The van der Waals surface area contributed by atoms with Gasteiger partial charge in [-0.25, -0.2) is 8.42 Å². The van der Waals surface area contributed by atoms with Crippen LogP contribution in [0, 0.1) is 0 Å². The Kier molecular flexibility index (Phi) is 7.73. The van der Waals surface area contributed by atoms with Crippen LogP contribution in [0.15, 0.2) is 51.9 Å². The second-order valence-electron chi connectivity index (χ2n) is 7.68. The minimum absolute atomic E-state index is 0.0119. The molecule has 2 aliphatic rings. The van der Waals surface area contributed by atoms with E-state index >= 15 is 0 Å². The molecular formula is C23H25BrN2O6S2. The summed E-state index contributed by atoms with van der Waals surface area (Å²) in [7, 11) is -3.19. The molecule has 2 aromatic carbocycles. The molecule has 0 spiro atoms. The van der Waals surface area contributed by atoms with Gasteiger partial charge in [-0.15, -0.1) is 0 Å². The van der Waals surface area contributed by atoms with E-state index in [9.17, 15) is 13.2 Å². The molecule has 2 fully saturated rings. The Balaban J connectivity index is 1.67. The molecule has 4 rings (SSSR count). The molecule has 0 aromatic heterocycles. The monoisotopic (exact) mass is 568 g/mol. The average molecular weight is 569 g/mol. The number of rotatable bonds is 8. The number of thioether (sulfide) groups is 1. The molecule has 0 unspecified atom stereocenters. The number of ether oxygens (including phenoxy) is 3. The van der Waals surface area contributed by atoms with Crippen molar-refractivity contribution < 1.29 is 27.4 Å². The number of para-hydroxylation sites is 1. The number of carbonyl (C=O) groups is 1. The van der Waals surface area contributed by atoms with E-state index in [0.29, 0.717) is 45.8 Å². The summed E-state index contributed by atoms with van der Waals surface area (Å²) < 4.78 is 42.5. The first-order valence-corrected chi connectivity index (χ1v) is 14.4. The van der Waals surface area contributed by atoms with E-state index in [-0.39, 0.29) is 29.4 Å². The van der Waals surface area contributed by atoms with E-state index in [1.165, 1.54) is 11.8 Å². The second-order valence-corrected chi connectivity index (χ2v) is 11.9. The van der Waals surface area contributed by atoms with Gasteiger partial charge in [0.15, 0.2) is 33.1 Å². The number of benzene rings is 2. The lowest BCUT2D eigenvalue weighted by Gasteiger charge is -2.27. The molecule has 34 heavy (non-hydrogen) atoms. The summed E-state index contributed by atoms with van der Waals surface area (Å²) in [5.41, 5.74) is 0.666. The van der Waals surface area contributed by atoms with E-state index in [1.807, 2.05) is 36.9 Å². The van der Waals surface area contributed by atoms with Crippen LogP contribution in [0.25, 0.3) is 0 Å². The minimum Gasteiger partial charge on any atom is -0.490 e. The third-order valence-electron chi connectivity index (χ3n) is 5.26. The number of fused-ring (bicyclic) bond motifs is 1. The lowest BCUT2D eigenvalue weighted by atomic mass is 10.2. The van der Waals surface area contributed by atoms with Gasteiger partial charge >= 0.3 is 0 Å². The van der Waals surface area contributed by atoms with Crippen LogP contribution in [0.3, 0.4) is 0 Å². The molecule has 2 atom stereocenters. The molecule has 2 aromatic rings. The summed E-state index contributed by atoms with van der Waals surface area (Å²) >= 11 is 4.90. The van der Waals surface area contributed by atoms with E-state index in [4.69, 9.17) is 14.2 Å². The van der Waals surface area contributed by atoms with Gasteiger partial charge in [-0.3, -0.25) is 4.79 Å². The Morgan fingerprint density at radius 1 is 1.09 bits per heavy atom. The molecule has 0 bridgehead atoms. The van der Waals surface area contributed by atoms with Crippen LogP contribution < -0.4 is 19.1 Å². The first-order chi connectivity index (χ1) is 16.3. The van der Waals surface area contributed by atoms with Gasteiger partial charge in [0.05, 0.1) is 36.4 Å². The fourth-order valence-corrected chi connectivity index (χ4v) is 8.33. The van der Waals surface area contributed by atoms with Crippen molar-refractivity contribution >= 4 is 54.3 Å². The molecule has 2 heterocycles. The van der Waals surface area contributed by atoms with Crippen LogP contribution in [-0.2, 0) is 14.6 Å². The molecular weight excluding hydrogens is 544 g/mol. The van der Waals surface area contributed by atoms with Crippen molar-refractivity contribution in [2.45, 2.75) is 25.1 Å². The largest absolute Gasteiger partial charge is 0.490 e. The highest BCUT2D eigenvalue weighted by Gasteiger charge is 2.50. The Bertz CT molecular complexity index is 1190. The molecule has 2 aliphatic heterocycles. The van der Waals surface area contributed by atoms with E-state index in [0.717, 1.165) is 0 Å². The van der Waals surface area contributed by atoms with E-state index in [1.54, 1.807) is 24.3 Å². The Labute approximate surface area is 211 Å². The third kappa shape index (κ3) is 5.52. The number of halogens is 1. The van der Waals surface area contributed by atoms with Crippen molar-refractivity contribution in [1.82, 2.24) is 0 Å². The van der Waals surface area contributed by atoms with Gasteiger partial charge in [0.25, 0.3) is 5.91 Å². The number of nitrogens with zero attached hydrogens (tertiary/aromatic N) is 2. The number of hydrogen-bond acceptors (Lipinski definition) is 7. The van der Waals surface area contributed by atoms with Crippen molar-refractivity contribution in [3.63, 3.8) is 0 Å². The van der Waals surface area contributed by atoms with E-state index in [2.05, 4.69) is 20.9 Å². The summed E-state index contributed by atoms with van der Waals surface area (Å²) in [6.07, 6.45) is 0. The molecule has 2 saturated heterocycles. The normalized spacial score (nSPS) is 22.0. The maximum Gasteiger partial charge on any atom is 0.285 e. The van der Waals surface area contributed by atoms with Crippen LogP contribution >= 0.6 is 27.7 Å². The third-order valence-corrected chi connectivity index (χ3v) is 9.11. The van der Waals surface area contributed by atoms with Crippen molar-refractivity contribution in [1.29, 1.82) is 0 Å². The predicted octanol–water partition coefficient (Wildman–Crippen LogP) is 3.93. The van der Waals surface area contributed by atoms with Crippen LogP contribution in [0.1, 0.15) is 13.8 Å². The van der Waals surface area contributed by atoms with Crippen molar-refractivity contribution in [2.75, 3.05) is 36.2 Å². The van der Waals surface area contributed by atoms with Crippen molar-refractivity contribution in [3.8, 4) is 17.2 Å². The highest BCUT2D eigenvalue weighted by Crippen LogP contribution is 2.46. The first kappa shape index (κ1) is 24.9. The van der Waals surface area contributed by atoms with Crippen LogP contribution in [-0.4, -0.2) is 62.1 Å². The molecule has 8 nitrogen and oxygen atoms in total. The molecule has 0 saturated carbocycles. The molecule has 0 radical (unpaired) electrons. The van der Waals surface area contributed by atoms with Crippen LogP contribution in [0.4, 0.5) is 5.69 Å². The van der Waals surface area contributed by atoms with Gasteiger partial charge in [-0.2, -0.15) is 4.99 Å². The lowest BCUT2D eigenvalue weighted by molar-refractivity contribution is -0.119. The van der Waals surface area contributed by atoms with Gasteiger partial charge in [0.2, 0.25) is 0 Å². The molecule has 0 aliphatic carbocycles. The fraction of sp³-hybridized carbons (Fsp3) is 0.391. The minimum atomic E-state index is -3.19. The number of aliphatic imine (C=N–C) groups is 1. The van der Waals surface area contributed by atoms with Gasteiger partial charge in [-0.1, -0.05) is 30.0 Å². The summed E-state index contributed by atoms with van der Waals surface area (Å²) in [6.45, 7) is 4.45. The SMILES string of the molecule is CCOc1cc(Br)c(N2C(=NC(=O)COc3ccccc3)S[C@H]3CS(=O)(=O)C[C@@H]32)cc1OCC. The average Bonchev–Trinajstić information content (AvgIpc) is 3.26. The lowest BCUT2D eigenvalue weighted by Crippen LogP contribution is -2.38. The maximum atomic E-state index is 12.7. The predicted molar refractivity (Wildman–Crippen MR) is 137 cm³/mol. The first-order valence-electron chi connectivity index (χ1n) is 10.9. The van der Waals surface area contributed by atoms with E-state index < -0.39 is 15.7 Å². The molecule has 11 heteroatoms. The van der Waals surface area contributed by atoms with Gasteiger partial charge in [0.1, 0.15) is 5.75 Å². The number of anilines is 1. The van der Waals surface area contributed by atoms with Gasteiger partial charge < -0.3 is 19.1 Å². The fourth-order valence-electron chi connectivity index (χ4n) is 3.89. The Morgan fingerprint density at radius 3 is 2.44 bits per heavy atom. The van der Waals surface area contributed by atoms with Crippen LogP contribution in [0.5, 0.6) is 17.2 Å². The zero-order valence-electron chi connectivity index (χ0n) is 18.8. The van der Waals surface area contributed by atoms with Gasteiger partial charge in [0, 0.05) is 21.9 Å². The quantitative estimate of drug-likeness (QED) is 0.472. The zero-order valence-corrected chi connectivity index (χ0v) is 22.0. The van der Waals surface area contributed by atoms with Crippen LogP contribution in [0.2, 0.25) is 0 Å².